The zero-order valence-electron chi connectivity index (χ0n) is 47.8. The molecule has 0 N–H and O–H groups in total. The summed E-state index contributed by atoms with van der Waals surface area (Å²) in [5.74, 6) is 0.697. The summed E-state index contributed by atoms with van der Waals surface area (Å²) in [5.41, 5.74) is 25.9. The van der Waals surface area contributed by atoms with Gasteiger partial charge in [0.25, 0.3) is 6.71 Å². The van der Waals surface area contributed by atoms with Crippen molar-refractivity contribution in [3.05, 3.63) is 210 Å². The highest BCUT2D eigenvalue weighted by molar-refractivity contribution is 7.00. The standard InChI is InChI=1S/C74H67BN4/c1-71(2,3)51-39-55(73(7,8)9)65-53-33-48(44-25-17-13-18-26-44)35-57-68(53)78(61(65)41-51)63-37-50(70-76-59(46-29-21-15-22-30-46)43-60(77-70)47-31-23-16-24-32-47)38-64-67(63)75(57)58-36-49(45-27-19-14-20-28-45)34-54-66-56(74(10,11)12)40-52(72(4,5)6)42-62(66)79(64)69(54)58/h13-43H,1-12H3. The summed E-state index contributed by atoms with van der Waals surface area (Å²) in [4.78, 5) is 11.2. The van der Waals surface area contributed by atoms with Crippen LogP contribution in [0.4, 0.5) is 0 Å². The normalized spacial score (nSPS) is 13.3. The number of benzene rings is 9. The van der Waals surface area contributed by atoms with E-state index < -0.39 is 0 Å². The monoisotopic (exact) mass is 1020 g/mol. The average molecular weight is 1020 g/mol. The summed E-state index contributed by atoms with van der Waals surface area (Å²) >= 11 is 0. The molecule has 0 bridgehead atoms. The van der Waals surface area contributed by atoms with Gasteiger partial charge in [-0.15, -0.1) is 0 Å². The van der Waals surface area contributed by atoms with E-state index in [2.05, 4.69) is 280 Å². The first-order valence-corrected chi connectivity index (χ1v) is 28.3. The van der Waals surface area contributed by atoms with Gasteiger partial charge in [-0.25, -0.2) is 9.97 Å². The van der Waals surface area contributed by atoms with Gasteiger partial charge in [-0.2, -0.15) is 0 Å². The lowest BCUT2D eigenvalue weighted by Gasteiger charge is -2.35. The first-order chi connectivity index (χ1) is 37.7. The van der Waals surface area contributed by atoms with Crippen LogP contribution in [-0.2, 0) is 21.7 Å². The van der Waals surface area contributed by atoms with Crippen LogP contribution in [-0.4, -0.2) is 25.8 Å². The Balaban J connectivity index is 1.23. The molecule has 386 valence electrons. The second kappa shape index (κ2) is 17.1. The first-order valence-electron chi connectivity index (χ1n) is 28.3. The van der Waals surface area contributed by atoms with Crippen molar-refractivity contribution in [1.29, 1.82) is 0 Å². The van der Waals surface area contributed by atoms with E-state index in [1.807, 2.05) is 0 Å². The van der Waals surface area contributed by atoms with Gasteiger partial charge >= 0.3 is 0 Å². The van der Waals surface area contributed by atoms with Crippen molar-refractivity contribution in [3.63, 3.8) is 0 Å². The van der Waals surface area contributed by atoms with Gasteiger partial charge < -0.3 is 9.13 Å². The number of hydrogen-bond acceptors (Lipinski definition) is 2. The summed E-state index contributed by atoms with van der Waals surface area (Å²) in [7, 11) is 0. The van der Waals surface area contributed by atoms with Gasteiger partial charge in [0.2, 0.25) is 0 Å². The molecule has 2 aliphatic rings. The van der Waals surface area contributed by atoms with E-state index in [1.165, 1.54) is 116 Å². The van der Waals surface area contributed by atoms with Crippen molar-refractivity contribution >= 4 is 66.7 Å². The van der Waals surface area contributed by atoms with E-state index in [1.54, 1.807) is 0 Å². The maximum atomic E-state index is 5.59. The van der Waals surface area contributed by atoms with Crippen LogP contribution in [0.1, 0.15) is 105 Å². The summed E-state index contributed by atoms with van der Waals surface area (Å²) in [6.45, 7) is 28.4. The second-order valence-electron chi connectivity index (χ2n) is 26.7. The predicted molar refractivity (Wildman–Crippen MR) is 337 cm³/mol. The van der Waals surface area contributed by atoms with Crippen LogP contribution >= 0.6 is 0 Å². The molecule has 5 heteroatoms. The van der Waals surface area contributed by atoms with Crippen LogP contribution in [0.5, 0.6) is 0 Å². The van der Waals surface area contributed by atoms with Crippen LogP contribution in [0.2, 0.25) is 0 Å². The molecule has 0 atom stereocenters. The molecule has 14 rings (SSSR count). The van der Waals surface area contributed by atoms with E-state index in [0.717, 1.165) is 28.1 Å². The fraction of sp³-hybridized carbons (Fsp3) is 0.216. The molecule has 0 amide bonds. The number of rotatable bonds is 5. The van der Waals surface area contributed by atoms with Crippen molar-refractivity contribution in [1.82, 2.24) is 19.1 Å². The lowest BCUT2D eigenvalue weighted by Crippen LogP contribution is -2.59. The largest absolute Gasteiger partial charge is 0.310 e. The summed E-state index contributed by atoms with van der Waals surface area (Å²) < 4.78 is 5.35. The third kappa shape index (κ3) is 7.71. The molecule has 0 radical (unpaired) electrons. The molecule has 0 saturated heterocycles. The topological polar surface area (TPSA) is 35.6 Å². The third-order valence-corrected chi connectivity index (χ3v) is 17.2. The van der Waals surface area contributed by atoms with Crippen molar-refractivity contribution in [2.24, 2.45) is 0 Å². The molecule has 5 heterocycles. The minimum absolute atomic E-state index is 0.112. The molecular weight excluding hydrogens is 956 g/mol. The smallest absolute Gasteiger partial charge is 0.252 e. The first kappa shape index (κ1) is 49.1. The molecule has 0 aliphatic carbocycles. The van der Waals surface area contributed by atoms with Crippen molar-refractivity contribution in [2.75, 3.05) is 0 Å². The minimum atomic E-state index is -0.165. The number of nitrogens with zero attached hydrogens (tertiary/aromatic N) is 4. The quantitative estimate of drug-likeness (QED) is 0.161. The lowest BCUT2D eigenvalue weighted by atomic mass is 9.34. The lowest BCUT2D eigenvalue weighted by molar-refractivity contribution is 0.572. The molecule has 79 heavy (non-hydrogen) atoms. The Morgan fingerprint density at radius 1 is 0.342 bits per heavy atom. The maximum absolute atomic E-state index is 5.59. The highest BCUT2D eigenvalue weighted by Crippen LogP contribution is 2.48. The van der Waals surface area contributed by atoms with Crippen LogP contribution in [0.3, 0.4) is 0 Å². The molecular formula is C74H67BN4. The molecule has 0 saturated carbocycles. The Labute approximate surface area is 465 Å². The van der Waals surface area contributed by atoms with E-state index in [4.69, 9.17) is 9.97 Å². The Morgan fingerprint density at radius 3 is 1.06 bits per heavy atom. The summed E-state index contributed by atoms with van der Waals surface area (Å²) in [6, 6.07) is 70.6. The Hall–Kier alpha value is -8.28. The van der Waals surface area contributed by atoms with Crippen LogP contribution in [0.15, 0.2) is 188 Å². The van der Waals surface area contributed by atoms with E-state index >= 15 is 0 Å². The summed E-state index contributed by atoms with van der Waals surface area (Å²) in [5, 5.41) is 5.21. The predicted octanol–water partition coefficient (Wildman–Crippen LogP) is 17.3. The number of aromatic nitrogens is 4. The Morgan fingerprint density at radius 2 is 0.709 bits per heavy atom. The minimum Gasteiger partial charge on any atom is -0.310 e. The Bertz CT molecular complexity index is 4200. The van der Waals surface area contributed by atoms with E-state index in [9.17, 15) is 0 Å². The van der Waals surface area contributed by atoms with Crippen LogP contribution < -0.4 is 16.4 Å². The second-order valence-corrected chi connectivity index (χ2v) is 26.7. The highest BCUT2D eigenvalue weighted by Gasteiger charge is 2.43. The van der Waals surface area contributed by atoms with Crippen LogP contribution in [0.25, 0.3) is 111 Å². The van der Waals surface area contributed by atoms with Gasteiger partial charge in [0.05, 0.1) is 22.4 Å². The molecule has 12 aromatic rings. The van der Waals surface area contributed by atoms with Gasteiger partial charge in [0.15, 0.2) is 5.82 Å². The van der Waals surface area contributed by atoms with E-state index in [-0.39, 0.29) is 28.4 Å². The SMILES string of the molecule is CC(C)(C)c1cc(C(C)(C)C)c2c3cc(-c4ccccc4)cc4c3n(c2c1)-c1cc(-c2nc(-c3ccccc3)cc(-c3ccccc3)n2)cc2c1B4c1cc(-c3ccccc3)cc3c4c(C(C)(C)C)cc(C(C)(C)C)cc4n-2c13. The third-order valence-electron chi connectivity index (χ3n) is 17.2. The van der Waals surface area contributed by atoms with Crippen molar-refractivity contribution in [3.8, 4) is 67.5 Å². The molecule has 0 fully saturated rings. The molecule has 0 spiro atoms. The Kier molecular flexibility index (Phi) is 10.6. The van der Waals surface area contributed by atoms with Crippen molar-refractivity contribution in [2.45, 2.75) is 105 Å². The molecule has 4 nitrogen and oxygen atoms in total. The molecule has 9 aromatic carbocycles. The zero-order chi connectivity index (χ0) is 54.7. The molecule has 2 aliphatic heterocycles. The zero-order valence-corrected chi connectivity index (χ0v) is 47.8. The van der Waals surface area contributed by atoms with Gasteiger partial charge in [-0.3, -0.25) is 0 Å². The molecule has 3 aromatic heterocycles. The fourth-order valence-electron chi connectivity index (χ4n) is 13.2. The highest BCUT2D eigenvalue weighted by atomic mass is 15.0. The fourth-order valence-corrected chi connectivity index (χ4v) is 13.2. The van der Waals surface area contributed by atoms with Gasteiger partial charge in [0, 0.05) is 60.6 Å². The number of hydrogen-bond donors (Lipinski definition) is 0. The average Bonchev–Trinajstić information content (AvgIpc) is 3.49. The van der Waals surface area contributed by atoms with E-state index in [0.29, 0.717) is 5.82 Å². The van der Waals surface area contributed by atoms with Crippen molar-refractivity contribution < 1.29 is 0 Å². The number of fused-ring (bicyclic) bond motifs is 10. The van der Waals surface area contributed by atoms with Gasteiger partial charge in [-0.05, 0) is 125 Å². The summed E-state index contributed by atoms with van der Waals surface area (Å²) in [6.07, 6.45) is 0. The van der Waals surface area contributed by atoms with Gasteiger partial charge in [-0.1, -0.05) is 229 Å². The van der Waals surface area contributed by atoms with Crippen LogP contribution in [0, 0.1) is 0 Å². The van der Waals surface area contributed by atoms with Gasteiger partial charge in [0.1, 0.15) is 0 Å². The molecule has 0 unspecified atom stereocenters. The maximum Gasteiger partial charge on any atom is 0.252 e.